The van der Waals surface area contributed by atoms with Crippen LogP contribution in [0.3, 0.4) is 0 Å². The molecule has 0 amide bonds. The Morgan fingerprint density at radius 1 is 0.491 bits per heavy atom. The first-order chi connectivity index (χ1) is 25.3. The molecular formula is C43H69BN6O3. The van der Waals surface area contributed by atoms with Gasteiger partial charge in [-0.25, -0.2) is 0 Å². The fourth-order valence-corrected chi connectivity index (χ4v) is 7.20. The number of phenolic OH excluding ortho intramolecular Hbond substituents is 3. The highest BCUT2D eigenvalue weighted by Crippen LogP contribution is 2.46. The summed E-state index contributed by atoms with van der Waals surface area (Å²) in [5.74, 6) is 0.828. The SMILES string of the molecule is [B]N(CC)Cc1cc([C@@](C)(c2cc(CN(C)CC)c(O)c(CN(CC)CC)c2)c2cc(CN(CC)CC)c(O)c(CN(CC)CC)c2)cc(CN)c1O. The molecule has 0 unspecified atom stereocenters. The highest BCUT2D eigenvalue weighted by Gasteiger charge is 2.36. The Morgan fingerprint density at radius 3 is 1.09 bits per heavy atom. The van der Waals surface area contributed by atoms with Crippen LogP contribution < -0.4 is 5.73 Å². The van der Waals surface area contributed by atoms with Crippen molar-refractivity contribution in [3.8, 4) is 17.2 Å². The van der Waals surface area contributed by atoms with E-state index < -0.39 is 5.41 Å². The molecule has 2 radical (unpaired) electrons. The second-order valence-electron chi connectivity index (χ2n) is 14.5. The summed E-state index contributed by atoms with van der Waals surface area (Å²) in [5.41, 5.74) is 13.4. The highest BCUT2D eigenvalue weighted by atomic mass is 16.3. The maximum Gasteiger partial charge on any atom is 0.182 e. The lowest BCUT2D eigenvalue weighted by molar-refractivity contribution is 0.281. The molecule has 0 saturated heterocycles. The number of hydrogen-bond donors (Lipinski definition) is 4. The van der Waals surface area contributed by atoms with Gasteiger partial charge < -0.3 is 30.8 Å². The molecule has 53 heavy (non-hydrogen) atoms. The Labute approximate surface area is 322 Å². The summed E-state index contributed by atoms with van der Waals surface area (Å²) in [5, 5.41) is 35.2. The first-order valence-corrected chi connectivity index (χ1v) is 19.9. The lowest BCUT2D eigenvalue weighted by Crippen LogP contribution is -2.30. The molecule has 0 bridgehead atoms. The molecule has 3 aromatic carbocycles. The number of rotatable bonds is 22. The number of nitrogens with two attached hydrogens (primary N) is 1. The summed E-state index contributed by atoms with van der Waals surface area (Å²) >= 11 is 0. The summed E-state index contributed by atoms with van der Waals surface area (Å²) in [4.78, 5) is 10.9. The average Bonchev–Trinajstić information content (AvgIpc) is 3.17. The van der Waals surface area contributed by atoms with Gasteiger partial charge in [0.1, 0.15) is 17.2 Å². The predicted octanol–water partition coefficient (Wildman–Crippen LogP) is 6.50. The van der Waals surface area contributed by atoms with E-state index in [0.29, 0.717) is 61.9 Å². The normalized spacial score (nSPS) is 13.3. The van der Waals surface area contributed by atoms with Gasteiger partial charge >= 0.3 is 0 Å². The smallest absolute Gasteiger partial charge is 0.182 e. The van der Waals surface area contributed by atoms with Crippen molar-refractivity contribution >= 4 is 7.98 Å². The van der Waals surface area contributed by atoms with Gasteiger partial charge in [0.05, 0.1) is 0 Å². The third-order valence-corrected chi connectivity index (χ3v) is 11.4. The van der Waals surface area contributed by atoms with Crippen LogP contribution in [-0.4, -0.2) is 107 Å². The van der Waals surface area contributed by atoms with Gasteiger partial charge in [0.2, 0.25) is 0 Å². The first kappa shape index (κ1) is 44.3. The molecule has 0 fully saturated rings. The van der Waals surface area contributed by atoms with E-state index in [0.717, 1.165) is 84.8 Å². The van der Waals surface area contributed by atoms with E-state index in [4.69, 9.17) is 13.7 Å². The van der Waals surface area contributed by atoms with E-state index in [9.17, 15) is 15.3 Å². The molecule has 0 heterocycles. The van der Waals surface area contributed by atoms with Gasteiger partial charge in [-0.1, -0.05) is 55.4 Å². The number of phenols is 3. The molecule has 0 saturated carbocycles. The minimum atomic E-state index is -0.799. The molecule has 3 rings (SSSR count). The second kappa shape index (κ2) is 20.5. The van der Waals surface area contributed by atoms with Crippen molar-refractivity contribution in [1.29, 1.82) is 0 Å². The van der Waals surface area contributed by atoms with Crippen molar-refractivity contribution in [3.63, 3.8) is 0 Å². The van der Waals surface area contributed by atoms with E-state index in [1.807, 2.05) is 13.0 Å². The van der Waals surface area contributed by atoms with Crippen LogP contribution >= 0.6 is 0 Å². The first-order valence-electron chi connectivity index (χ1n) is 19.9. The molecule has 3 aromatic rings. The fourth-order valence-electron chi connectivity index (χ4n) is 7.20. The average molecular weight is 729 g/mol. The molecule has 1 atom stereocenters. The monoisotopic (exact) mass is 729 g/mol. The molecular weight excluding hydrogens is 659 g/mol. The van der Waals surface area contributed by atoms with E-state index in [1.165, 1.54) is 0 Å². The molecule has 0 aliphatic carbocycles. The standard InChI is InChI=1S/C43H69BN6O3/c1-11-46(10)26-32-20-38(21-33(41(32)52)27-47(12-2)13-3)43(9,37-19-31(25-45)40(51)36(24-37)30-50(44)18-8)39-22-34(28-48(14-4)15-5)42(53)35(23-39)29-49(16-6)17-7/h19-24,51-53H,11-18,25-30,45H2,1-10H3/t43-/m0/s1. The van der Waals surface area contributed by atoms with Gasteiger partial charge in [-0.15, -0.1) is 0 Å². The zero-order valence-corrected chi connectivity index (χ0v) is 34.6. The summed E-state index contributed by atoms with van der Waals surface area (Å²) in [6.45, 7) is 28.8. The third-order valence-electron chi connectivity index (χ3n) is 11.4. The number of aromatic hydroxyl groups is 3. The topological polar surface area (TPSA) is 103 Å². The van der Waals surface area contributed by atoms with Crippen LogP contribution in [0.25, 0.3) is 0 Å². The molecule has 0 aromatic heterocycles. The molecule has 0 aliphatic heterocycles. The molecule has 292 valence electrons. The quantitative estimate of drug-likeness (QED) is 0.0683. The Morgan fingerprint density at radius 2 is 0.792 bits per heavy atom. The van der Waals surface area contributed by atoms with Crippen LogP contribution in [0.15, 0.2) is 36.4 Å². The van der Waals surface area contributed by atoms with Crippen LogP contribution in [0.2, 0.25) is 0 Å². The minimum Gasteiger partial charge on any atom is -0.507 e. The van der Waals surface area contributed by atoms with Crippen LogP contribution in [0, 0.1) is 0 Å². The number of nitrogens with zero attached hydrogens (tertiary/aromatic N) is 5. The maximum atomic E-state index is 11.9. The third kappa shape index (κ3) is 10.6. The lowest BCUT2D eigenvalue weighted by Gasteiger charge is -2.36. The van der Waals surface area contributed by atoms with Crippen molar-refractivity contribution in [2.45, 2.75) is 107 Å². The van der Waals surface area contributed by atoms with Gasteiger partial charge in [0.15, 0.2) is 7.98 Å². The van der Waals surface area contributed by atoms with Crippen molar-refractivity contribution in [2.75, 3.05) is 59.4 Å². The van der Waals surface area contributed by atoms with Crippen LogP contribution in [0.1, 0.15) is 112 Å². The molecule has 0 spiro atoms. The summed E-state index contributed by atoms with van der Waals surface area (Å²) in [6.07, 6.45) is 0. The van der Waals surface area contributed by atoms with Crippen LogP contribution in [-0.2, 0) is 44.7 Å². The largest absolute Gasteiger partial charge is 0.507 e. The molecule has 0 aliphatic rings. The number of hydrogen-bond acceptors (Lipinski definition) is 9. The molecule has 10 heteroatoms. The van der Waals surface area contributed by atoms with Gasteiger partial charge in [0, 0.05) is 78.1 Å². The zero-order chi connectivity index (χ0) is 39.5. The van der Waals surface area contributed by atoms with Crippen LogP contribution in [0.4, 0.5) is 0 Å². The van der Waals surface area contributed by atoms with Crippen molar-refractivity contribution in [2.24, 2.45) is 5.73 Å². The van der Waals surface area contributed by atoms with Gasteiger partial charge in [0.25, 0.3) is 0 Å². The molecule has 9 nitrogen and oxygen atoms in total. The van der Waals surface area contributed by atoms with E-state index in [2.05, 4.69) is 112 Å². The zero-order valence-electron chi connectivity index (χ0n) is 34.6. The van der Waals surface area contributed by atoms with Crippen molar-refractivity contribution in [1.82, 2.24) is 24.4 Å². The van der Waals surface area contributed by atoms with E-state index >= 15 is 0 Å². The summed E-state index contributed by atoms with van der Waals surface area (Å²) < 4.78 is 0. The van der Waals surface area contributed by atoms with Gasteiger partial charge in [-0.3, -0.25) is 14.7 Å². The molecule has 5 N–H and O–H groups in total. The minimum absolute atomic E-state index is 0.158. The van der Waals surface area contributed by atoms with Gasteiger partial charge in [-0.05, 0) is 119 Å². The second-order valence-corrected chi connectivity index (χ2v) is 14.5. The predicted molar refractivity (Wildman–Crippen MR) is 221 cm³/mol. The van der Waals surface area contributed by atoms with Crippen molar-refractivity contribution in [3.05, 3.63) is 86.5 Å². The van der Waals surface area contributed by atoms with Crippen molar-refractivity contribution < 1.29 is 15.3 Å². The maximum absolute atomic E-state index is 11.9. The fraction of sp³-hybridized carbons (Fsp3) is 0.581. The Bertz CT molecular complexity index is 1570. The summed E-state index contributed by atoms with van der Waals surface area (Å²) in [6, 6.07) is 12.8. The Balaban J connectivity index is 2.59. The summed E-state index contributed by atoms with van der Waals surface area (Å²) in [7, 11) is 8.42. The van der Waals surface area contributed by atoms with Gasteiger partial charge in [-0.2, -0.15) is 0 Å². The van der Waals surface area contributed by atoms with E-state index in [1.54, 1.807) is 4.81 Å². The Hall–Kier alpha value is -3.12. The highest BCUT2D eigenvalue weighted by molar-refractivity contribution is 6.04. The van der Waals surface area contributed by atoms with E-state index in [-0.39, 0.29) is 12.3 Å². The van der Waals surface area contributed by atoms with Crippen LogP contribution in [0.5, 0.6) is 17.2 Å². The number of benzene rings is 3. The lowest BCUT2D eigenvalue weighted by atomic mass is 9.68. The Kier molecular flexibility index (Phi) is 17.2.